The number of amides is 1. The van der Waals surface area contributed by atoms with Crippen LogP contribution >= 0.6 is 0 Å². The topological polar surface area (TPSA) is 96.5 Å². The maximum Gasteiger partial charge on any atom is 0.278 e. The van der Waals surface area contributed by atoms with Crippen molar-refractivity contribution in [3.8, 4) is 5.75 Å². The third-order valence-electron chi connectivity index (χ3n) is 7.14. The van der Waals surface area contributed by atoms with Crippen molar-refractivity contribution < 1.29 is 23.9 Å². The molecule has 2 unspecified atom stereocenters. The largest absolute Gasteiger partial charge is 0.492 e. The van der Waals surface area contributed by atoms with Gasteiger partial charge in [0.05, 0.1) is 17.8 Å². The maximum absolute atomic E-state index is 13.2. The van der Waals surface area contributed by atoms with Crippen LogP contribution in [0.5, 0.6) is 5.75 Å². The third-order valence-corrected chi connectivity index (χ3v) is 7.14. The van der Waals surface area contributed by atoms with Gasteiger partial charge in [-0.25, -0.2) is 0 Å². The van der Waals surface area contributed by atoms with Crippen molar-refractivity contribution in [1.82, 2.24) is 4.90 Å². The zero-order valence-electron chi connectivity index (χ0n) is 21.9. The lowest BCUT2D eigenvalue weighted by Crippen LogP contribution is -2.44. The van der Waals surface area contributed by atoms with E-state index in [0.29, 0.717) is 41.6 Å². The molecule has 3 aromatic rings. The van der Waals surface area contributed by atoms with E-state index in [2.05, 4.69) is 15.4 Å². The Balaban J connectivity index is 1.30. The molecule has 0 saturated carbocycles. The van der Waals surface area contributed by atoms with Crippen LogP contribution in [0.25, 0.3) is 10.8 Å². The van der Waals surface area contributed by atoms with Crippen LogP contribution in [0.4, 0.5) is 5.69 Å². The van der Waals surface area contributed by atoms with Gasteiger partial charge in [-0.15, -0.1) is 0 Å². The molecular formula is C29H35N3O5. The summed E-state index contributed by atoms with van der Waals surface area (Å²) in [7, 11) is 0. The Labute approximate surface area is 217 Å². The summed E-state index contributed by atoms with van der Waals surface area (Å²) in [6, 6.07) is 13.2. The van der Waals surface area contributed by atoms with Gasteiger partial charge in [0, 0.05) is 41.5 Å². The fourth-order valence-electron chi connectivity index (χ4n) is 5.16. The van der Waals surface area contributed by atoms with Gasteiger partial charge in [0.2, 0.25) is 0 Å². The number of anilines is 1. The number of benzene rings is 2. The van der Waals surface area contributed by atoms with Crippen LogP contribution in [0.15, 0.2) is 52.0 Å². The number of likely N-dealkylation sites (tertiary alicyclic amines) is 1. The highest BCUT2D eigenvalue weighted by Crippen LogP contribution is 2.33. The molecule has 1 aromatic heterocycles. The first-order valence-corrected chi connectivity index (χ1v) is 12.9. The fourth-order valence-corrected chi connectivity index (χ4v) is 5.16. The molecule has 37 heavy (non-hydrogen) atoms. The van der Waals surface area contributed by atoms with Crippen LogP contribution in [-0.2, 0) is 14.9 Å². The highest BCUT2D eigenvalue weighted by molar-refractivity contribution is 6.49. The molecule has 2 aliphatic heterocycles. The highest BCUT2D eigenvalue weighted by Gasteiger charge is 2.33. The molecule has 2 N–H and O–H groups in total. The molecular weight excluding hydrogens is 470 g/mol. The predicted octanol–water partition coefficient (Wildman–Crippen LogP) is 5.10. The van der Waals surface area contributed by atoms with Crippen molar-refractivity contribution in [2.75, 3.05) is 31.6 Å². The van der Waals surface area contributed by atoms with E-state index in [9.17, 15) is 10.0 Å². The minimum absolute atomic E-state index is 0.0966. The van der Waals surface area contributed by atoms with Gasteiger partial charge in [0.1, 0.15) is 23.9 Å². The number of morpholine rings is 1. The van der Waals surface area contributed by atoms with E-state index in [0.717, 1.165) is 49.0 Å². The molecule has 5 rings (SSSR count). The summed E-state index contributed by atoms with van der Waals surface area (Å²) in [6.45, 7) is 11.2. The van der Waals surface area contributed by atoms with Crippen molar-refractivity contribution in [3.05, 3.63) is 59.5 Å². The van der Waals surface area contributed by atoms with E-state index < -0.39 is 5.91 Å². The summed E-state index contributed by atoms with van der Waals surface area (Å²) in [5, 5.41) is 17.7. The Morgan fingerprint density at radius 1 is 1.14 bits per heavy atom. The zero-order valence-corrected chi connectivity index (χ0v) is 21.9. The molecule has 3 heterocycles. The summed E-state index contributed by atoms with van der Waals surface area (Å²) < 4.78 is 18.0. The molecule has 2 saturated heterocycles. The molecule has 2 fully saturated rings. The van der Waals surface area contributed by atoms with Crippen molar-refractivity contribution in [2.45, 2.75) is 58.2 Å². The SMILES string of the molecule is Cc1oc(C(C)(C)C)cc1/C(=N/O)C(=O)Nc1ccc(OCCN2CC3CCC(C2)O3)c2ccccc12. The second-order valence-electron chi connectivity index (χ2n) is 11.0. The molecule has 2 aliphatic rings. The number of ether oxygens (including phenoxy) is 2. The number of hydrogen-bond donors (Lipinski definition) is 2. The molecule has 196 valence electrons. The predicted molar refractivity (Wildman–Crippen MR) is 143 cm³/mol. The Morgan fingerprint density at radius 2 is 1.84 bits per heavy atom. The highest BCUT2D eigenvalue weighted by atomic mass is 16.5. The number of furan rings is 1. The van der Waals surface area contributed by atoms with Crippen molar-refractivity contribution in [3.63, 3.8) is 0 Å². The molecule has 8 heteroatoms. The molecule has 2 bridgehead atoms. The molecule has 2 aromatic carbocycles. The number of nitrogens with zero attached hydrogens (tertiary/aromatic N) is 2. The van der Waals surface area contributed by atoms with Crippen LogP contribution < -0.4 is 10.1 Å². The quantitative estimate of drug-likeness (QED) is 0.264. The summed E-state index contributed by atoms with van der Waals surface area (Å²) in [6.07, 6.45) is 3.03. The first-order chi connectivity index (χ1) is 17.7. The monoisotopic (exact) mass is 505 g/mol. The van der Waals surface area contributed by atoms with E-state index in [4.69, 9.17) is 13.9 Å². The average molecular weight is 506 g/mol. The number of oxime groups is 1. The van der Waals surface area contributed by atoms with Gasteiger partial charge in [-0.05, 0) is 38.0 Å². The van der Waals surface area contributed by atoms with Gasteiger partial charge in [0.15, 0.2) is 5.71 Å². The molecule has 0 spiro atoms. The Hall–Kier alpha value is -3.36. The number of fused-ring (bicyclic) bond motifs is 3. The number of rotatable bonds is 7. The number of nitrogens with one attached hydrogen (secondary N) is 1. The molecule has 0 radical (unpaired) electrons. The minimum atomic E-state index is -0.521. The molecule has 1 amide bonds. The molecule has 2 atom stereocenters. The summed E-state index contributed by atoms with van der Waals surface area (Å²) in [5.74, 6) is 1.48. The van der Waals surface area contributed by atoms with Crippen LogP contribution in [0.2, 0.25) is 0 Å². The number of hydrogen-bond acceptors (Lipinski definition) is 7. The van der Waals surface area contributed by atoms with Gasteiger partial charge in [-0.1, -0.05) is 50.2 Å². The fraction of sp³-hybridized carbons (Fsp3) is 0.448. The van der Waals surface area contributed by atoms with E-state index in [-0.39, 0.29) is 11.1 Å². The lowest BCUT2D eigenvalue weighted by Gasteiger charge is -2.31. The van der Waals surface area contributed by atoms with Crippen molar-refractivity contribution >= 4 is 28.1 Å². The number of carbonyl (C=O) groups excluding carboxylic acids is 1. The smallest absolute Gasteiger partial charge is 0.278 e. The Bertz CT molecular complexity index is 1310. The summed E-state index contributed by atoms with van der Waals surface area (Å²) >= 11 is 0. The first-order valence-electron chi connectivity index (χ1n) is 12.9. The average Bonchev–Trinajstić information content (AvgIpc) is 3.42. The van der Waals surface area contributed by atoms with Gasteiger partial charge in [0.25, 0.3) is 5.91 Å². The summed E-state index contributed by atoms with van der Waals surface area (Å²) in [4.78, 5) is 15.6. The van der Waals surface area contributed by atoms with Crippen LogP contribution in [0, 0.1) is 6.92 Å². The lowest BCUT2D eigenvalue weighted by molar-refractivity contribution is -0.110. The normalized spacial score (nSPS) is 20.4. The van der Waals surface area contributed by atoms with Gasteiger partial charge in [-0.2, -0.15) is 0 Å². The third kappa shape index (κ3) is 5.36. The van der Waals surface area contributed by atoms with Crippen LogP contribution in [0.3, 0.4) is 0 Å². The Kier molecular flexibility index (Phi) is 6.96. The van der Waals surface area contributed by atoms with Gasteiger partial charge >= 0.3 is 0 Å². The second-order valence-corrected chi connectivity index (χ2v) is 11.0. The van der Waals surface area contributed by atoms with E-state index in [1.807, 2.05) is 57.2 Å². The molecule has 0 aliphatic carbocycles. The first kappa shape index (κ1) is 25.3. The van der Waals surface area contributed by atoms with Crippen molar-refractivity contribution in [1.29, 1.82) is 0 Å². The lowest BCUT2D eigenvalue weighted by atomic mass is 9.92. The van der Waals surface area contributed by atoms with Gasteiger partial charge < -0.3 is 24.4 Å². The van der Waals surface area contributed by atoms with E-state index in [1.54, 1.807) is 13.0 Å². The van der Waals surface area contributed by atoms with Crippen LogP contribution in [0.1, 0.15) is 50.7 Å². The standard InChI is InChI=1S/C29H35N3O5/c1-18-23(15-26(36-18)29(2,3)4)27(31-34)28(33)30-24-11-12-25(22-8-6-5-7-21(22)24)35-14-13-32-16-19-9-10-20(17-32)37-19/h5-8,11-12,15,19-20,34H,9-10,13-14,16-17H2,1-4H3,(H,30,33)/b31-27-. The summed E-state index contributed by atoms with van der Waals surface area (Å²) in [5.41, 5.74) is 0.732. The second kappa shape index (κ2) is 10.2. The minimum Gasteiger partial charge on any atom is -0.492 e. The number of aryl methyl sites for hydroxylation is 1. The zero-order chi connectivity index (χ0) is 26.2. The maximum atomic E-state index is 13.2. The van der Waals surface area contributed by atoms with Crippen LogP contribution in [-0.4, -0.2) is 60.2 Å². The van der Waals surface area contributed by atoms with Gasteiger partial charge in [-0.3, -0.25) is 9.69 Å². The molecule has 8 nitrogen and oxygen atoms in total. The van der Waals surface area contributed by atoms with E-state index >= 15 is 0 Å². The number of carbonyl (C=O) groups is 1. The Morgan fingerprint density at radius 3 is 2.49 bits per heavy atom. The van der Waals surface area contributed by atoms with Crippen molar-refractivity contribution in [2.24, 2.45) is 5.16 Å². The van der Waals surface area contributed by atoms with E-state index in [1.165, 1.54) is 0 Å².